The molecule has 0 saturated carbocycles. The van der Waals surface area contributed by atoms with Crippen molar-refractivity contribution < 1.29 is 33.2 Å². The molecule has 0 aromatic heterocycles. The van der Waals surface area contributed by atoms with Gasteiger partial charge in [-0.05, 0) is 48.7 Å². The van der Waals surface area contributed by atoms with Crippen molar-refractivity contribution in [1.82, 2.24) is 16.3 Å². The molecule has 0 aliphatic rings. The van der Waals surface area contributed by atoms with Crippen LogP contribution in [0, 0.1) is 25.5 Å². The molecular formula is C22H28F2N4O5. The Hall–Kier alpha value is -3.12. The van der Waals surface area contributed by atoms with Crippen LogP contribution in [0.3, 0.4) is 0 Å². The predicted molar refractivity (Wildman–Crippen MR) is 118 cm³/mol. The van der Waals surface area contributed by atoms with Crippen LogP contribution in [0.15, 0.2) is 24.3 Å². The molecular weight excluding hydrogens is 438 g/mol. The maximum atomic E-state index is 15.3. The number of anilines is 2. The first-order chi connectivity index (χ1) is 15.8. The largest absolute Gasteiger partial charge is 0.394 e. The lowest BCUT2D eigenvalue weighted by Crippen LogP contribution is -2.27. The van der Waals surface area contributed by atoms with E-state index in [0.29, 0.717) is 11.1 Å². The first kappa shape index (κ1) is 26.1. The minimum Gasteiger partial charge on any atom is -0.394 e. The molecule has 0 aliphatic carbocycles. The van der Waals surface area contributed by atoms with E-state index in [2.05, 4.69) is 21.6 Å². The van der Waals surface area contributed by atoms with Crippen molar-refractivity contribution in [1.29, 1.82) is 0 Å². The van der Waals surface area contributed by atoms with Crippen molar-refractivity contribution in [2.75, 3.05) is 32.2 Å². The molecule has 0 radical (unpaired) electrons. The molecule has 5 N–H and O–H groups in total. The van der Waals surface area contributed by atoms with E-state index in [4.69, 9.17) is 14.8 Å². The van der Waals surface area contributed by atoms with Gasteiger partial charge in [-0.25, -0.2) is 14.3 Å². The minimum absolute atomic E-state index is 0.00682. The van der Waals surface area contributed by atoms with E-state index < -0.39 is 17.5 Å². The van der Waals surface area contributed by atoms with Gasteiger partial charge in [0.05, 0.1) is 43.2 Å². The molecule has 11 heteroatoms. The molecule has 0 heterocycles. The van der Waals surface area contributed by atoms with Crippen LogP contribution in [0.4, 0.5) is 20.2 Å². The van der Waals surface area contributed by atoms with Crippen molar-refractivity contribution >= 4 is 23.2 Å². The molecule has 0 aliphatic heterocycles. The molecule has 0 saturated heterocycles. The Morgan fingerprint density at radius 3 is 2.52 bits per heavy atom. The van der Waals surface area contributed by atoms with E-state index in [1.54, 1.807) is 13.0 Å². The summed E-state index contributed by atoms with van der Waals surface area (Å²) in [6, 6.07) is 5.79. The number of carbonyl (C=O) groups is 2. The fourth-order valence-electron chi connectivity index (χ4n) is 2.83. The van der Waals surface area contributed by atoms with Gasteiger partial charge >= 0.3 is 0 Å². The summed E-state index contributed by atoms with van der Waals surface area (Å²) in [7, 11) is 1.51. The van der Waals surface area contributed by atoms with Crippen molar-refractivity contribution in [2.24, 2.45) is 0 Å². The quantitative estimate of drug-likeness (QED) is 0.240. The third kappa shape index (κ3) is 7.46. The zero-order valence-corrected chi connectivity index (χ0v) is 18.7. The van der Waals surface area contributed by atoms with Gasteiger partial charge < -0.3 is 20.6 Å². The number of hydrogen-bond acceptors (Lipinski definition) is 7. The Balaban J connectivity index is 2.30. The number of aliphatic hydroxyl groups excluding tert-OH is 1. The summed E-state index contributed by atoms with van der Waals surface area (Å²) in [4.78, 5) is 33.9. The number of halogens is 2. The number of amides is 2. The van der Waals surface area contributed by atoms with Gasteiger partial charge in [-0.3, -0.25) is 14.4 Å². The summed E-state index contributed by atoms with van der Waals surface area (Å²) in [5.74, 6) is -2.35. The second-order valence-corrected chi connectivity index (χ2v) is 7.10. The summed E-state index contributed by atoms with van der Waals surface area (Å²) in [5, 5.41) is 14.0. The van der Waals surface area contributed by atoms with E-state index >= 15 is 4.39 Å². The Morgan fingerprint density at radius 2 is 1.85 bits per heavy atom. The van der Waals surface area contributed by atoms with Crippen LogP contribution >= 0.6 is 0 Å². The van der Waals surface area contributed by atoms with E-state index in [-0.39, 0.29) is 61.2 Å². The van der Waals surface area contributed by atoms with Gasteiger partial charge in [-0.15, -0.1) is 0 Å². The molecule has 0 unspecified atom stereocenters. The molecule has 9 nitrogen and oxygen atoms in total. The van der Waals surface area contributed by atoms with Gasteiger partial charge in [-0.2, -0.15) is 5.48 Å². The topological polar surface area (TPSA) is 121 Å². The van der Waals surface area contributed by atoms with E-state index in [0.717, 1.165) is 0 Å². The number of aryl methyl sites for hydroxylation is 1. The Morgan fingerprint density at radius 1 is 1.09 bits per heavy atom. The molecule has 180 valence electrons. The zero-order valence-electron chi connectivity index (χ0n) is 18.7. The SMILES string of the molecule is CNC(=O)CCONCc1cc(C(=O)NOCCO)c(Nc2ccc(C)cc2F)c(F)c1C. The first-order valence-corrected chi connectivity index (χ1v) is 10.2. The number of rotatable bonds is 12. The Bertz CT molecular complexity index is 988. The van der Waals surface area contributed by atoms with E-state index in [1.165, 1.54) is 32.2 Å². The number of benzene rings is 2. The highest BCUT2D eigenvalue weighted by molar-refractivity contribution is 6.00. The van der Waals surface area contributed by atoms with Crippen LogP contribution in [-0.4, -0.2) is 43.8 Å². The highest BCUT2D eigenvalue weighted by Gasteiger charge is 2.22. The molecule has 0 fully saturated rings. The molecule has 2 amide bonds. The average molecular weight is 466 g/mol. The Kier molecular flexibility index (Phi) is 10.1. The summed E-state index contributed by atoms with van der Waals surface area (Å²) in [5.41, 5.74) is 5.66. The number of hydroxylamine groups is 2. The summed E-state index contributed by atoms with van der Waals surface area (Å²) in [6.45, 7) is 2.86. The maximum absolute atomic E-state index is 15.3. The molecule has 2 aromatic carbocycles. The number of nitrogens with one attached hydrogen (secondary N) is 4. The summed E-state index contributed by atoms with van der Waals surface area (Å²) >= 11 is 0. The minimum atomic E-state index is -0.792. The lowest BCUT2D eigenvalue weighted by molar-refractivity contribution is -0.122. The average Bonchev–Trinajstić information content (AvgIpc) is 2.79. The molecule has 0 atom stereocenters. The smallest absolute Gasteiger partial charge is 0.277 e. The van der Waals surface area contributed by atoms with Crippen molar-refractivity contribution in [3.63, 3.8) is 0 Å². The van der Waals surface area contributed by atoms with Crippen LogP contribution in [-0.2, 0) is 21.0 Å². The van der Waals surface area contributed by atoms with Gasteiger partial charge in [0.2, 0.25) is 5.91 Å². The zero-order chi connectivity index (χ0) is 24.4. The van der Waals surface area contributed by atoms with Crippen LogP contribution in [0.2, 0.25) is 0 Å². The summed E-state index contributed by atoms with van der Waals surface area (Å²) < 4.78 is 29.7. The number of hydrogen-bond donors (Lipinski definition) is 5. The first-order valence-electron chi connectivity index (χ1n) is 10.2. The third-order valence-corrected chi connectivity index (χ3v) is 4.68. The van der Waals surface area contributed by atoms with Gasteiger partial charge in [0.25, 0.3) is 5.91 Å². The fourth-order valence-corrected chi connectivity index (χ4v) is 2.83. The van der Waals surface area contributed by atoms with Crippen LogP contribution in [0.5, 0.6) is 0 Å². The van der Waals surface area contributed by atoms with Gasteiger partial charge in [-0.1, -0.05) is 6.07 Å². The predicted octanol–water partition coefficient (Wildman–Crippen LogP) is 2.14. The van der Waals surface area contributed by atoms with Crippen LogP contribution in [0.25, 0.3) is 0 Å². The molecule has 2 aromatic rings. The number of aliphatic hydroxyl groups is 1. The second kappa shape index (κ2) is 12.8. The monoisotopic (exact) mass is 466 g/mol. The van der Waals surface area contributed by atoms with Gasteiger partial charge in [0.1, 0.15) is 5.82 Å². The van der Waals surface area contributed by atoms with E-state index in [9.17, 15) is 14.0 Å². The third-order valence-electron chi connectivity index (χ3n) is 4.68. The molecule has 0 bridgehead atoms. The van der Waals surface area contributed by atoms with Gasteiger partial charge in [0, 0.05) is 13.6 Å². The van der Waals surface area contributed by atoms with Crippen molar-refractivity contribution in [3.8, 4) is 0 Å². The molecule has 0 spiro atoms. The Labute approximate surface area is 190 Å². The second-order valence-electron chi connectivity index (χ2n) is 7.10. The fraction of sp³-hybridized carbons (Fsp3) is 0.364. The van der Waals surface area contributed by atoms with Crippen molar-refractivity contribution in [2.45, 2.75) is 26.8 Å². The summed E-state index contributed by atoms with van der Waals surface area (Å²) in [6.07, 6.45) is 0.137. The molecule has 2 rings (SSSR count). The molecule has 33 heavy (non-hydrogen) atoms. The normalized spacial score (nSPS) is 10.7. The maximum Gasteiger partial charge on any atom is 0.277 e. The van der Waals surface area contributed by atoms with Crippen molar-refractivity contribution in [3.05, 3.63) is 58.2 Å². The standard InChI is InChI=1S/C22H28F2N4O5/c1-13-4-5-18(17(23)10-13)27-21-16(22(31)28-33-9-7-29)11-15(14(2)20(21)24)12-26-32-8-6-19(30)25-3/h4-5,10-11,26-27,29H,6-9,12H2,1-3H3,(H,25,30)(H,28,31). The number of carbonyl (C=O) groups excluding carboxylic acids is 2. The highest BCUT2D eigenvalue weighted by atomic mass is 19.1. The lowest BCUT2D eigenvalue weighted by Gasteiger charge is -2.18. The van der Waals surface area contributed by atoms with E-state index in [1.807, 2.05) is 0 Å². The van der Waals surface area contributed by atoms with Gasteiger partial charge in [0.15, 0.2) is 5.82 Å². The lowest BCUT2D eigenvalue weighted by atomic mass is 10.0. The highest BCUT2D eigenvalue weighted by Crippen LogP contribution is 2.30. The van der Waals surface area contributed by atoms with Crippen LogP contribution in [0.1, 0.15) is 33.5 Å². The van der Waals surface area contributed by atoms with Crippen LogP contribution < -0.4 is 21.6 Å².